The van der Waals surface area contributed by atoms with Gasteiger partial charge >= 0.3 is 0 Å². The highest BCUT2D eigenvalue weighted by atomic mass is 32.2. The van der Waals surface area contributed by atoms with E-state index in [2.05, 4.69) is 26.7 Å². The fraction of sp³-hybridized carbons (Fsp3) is 0.316. The van der Waals surface area contributed by atoms with Crippen molar-refractivity contribution >= 4 is 15.8 Å². The number of sulfonamides is 1. The number of benzene rings is 1. The van der Waals surface area contributed by atoms with Gasteiger partial charge in [0.1, 0.15) is 5.82 Å². The summed E-state index contributed by atoms with van der Waals surface area (Å²) in [6.07, 6.45) is 4.96. The van der Waals surface area contributed by atoms with Gasteiger partial charge in [-0.05, 0) is 36.1 Å². The first-order valence-corrected chi connectivity index (χ1v) is 10.4. The summed E-state index contributed by atoms with van der Waals surface area (Å²) in [4.78, 5) is 8.58. The first kappa shape index (κ1) is 19.0. The summed E-state index contributed by atoms with van der Waals surface area (Å²) >= 11 is 0. The van der Waals surface area contributed by atoms with Crippen LogP contribution in [0.5, 0.6) is 0 Å². The van der Waals surface area contributed by atoms with Crippen LogP contribution >= 0.6 is 0 Å². The van der Waals surface area contributed by atoms with Crippen LogP contribution in [0.3, 0.4) is 0 Å². The lowest BCUT2D eigenvalue weighted by atomic mass is 10.1. The van der Waals surface area contributed by atoms with Crippen LogP contribution in [0, 0.1) is 0 Å². The minimum Gasteiger partial charge on any atom is -0.263 e. The molecule has 0 amide bonds. The van der Waals surface area contributed by atoms with Gasteiger partial charge in [0.25, 0.3) is 16.0 Å². The predicted molar refractivity (Wildman–Crippen MR) is 104 cm³/mol. The molecule has 0 atom stereocenters. The maximum Gasteiger partial charge on any atom is 0.263 e. The molecular formula is C19H23N5O2S. The lowest BCUT2D eigenvalue weighted by Gasteiger charge is -2.10. The first-order valence-electron chi connectivity index (χ1n) is 8.90. The highest BCUT2D eigenvalue weighted by Crippen LogP contribution is 2.23. The standard InChI is InChI=1S/C19H23N5O2S/c1-4-7-15-8-5-9-16(12-15)27(25,26)23-18-13-17(14(2)3)22-24(18)19-20-10-6-11-21-19/h5-6,8-14,23H,4,7H2,1-3H3. The van der Waals surface area contributed by atoms with Gasteiger partial charge in [0.05, 0.1) is 10.6 Å². The Morgan fingerprint density at radius 3 is 2.52 bits per heavy atom. The van der Waals surface area contributed by atoms with Crippen LogP contribution in [0.2, 0.25) is 0 Å². The molecule has 0 spiro atoms. The molecule has 27 heavy (non-hydrogen) atoms. The first-order chi connectivity index (χ1) is 12.9. The van der Waals surface area contributed by atoms with Crippen LogP contribution in [0.4, 0.5) is 5.82 Å². The summed E-state index contributed by atoms with van der Waals surface area (Å²) in [5, 5.41) is 4.47. The summed E-state index contributed by atoms with van der Waals surface area (Å²) in [5.74, 6) is 0.749. The number of nitrogens with one attached hydrogen (secondary N) is 1. The van der Waals surface area contributed by atoms with Gasteiger partial charge in [-0.15, -0.1) is 0 Å². The Morgan fingerprint density at radius 2 is 1.85 bits per heavy atom. The monoisotopic (exact) mass is 385 g/mol. The maximum atomic E-state index is 12.9. The van der Waals surface area contributed by atoms with Crippen LogP contribution in [-0.4, -0.2) is 28.2 Å². The molecule has 0 fully saturated rings. The molecule has 2 aromatic heterocycles. The van der Waals surface area contributed by atoms with Crippen molar-refractivity contribution in [1.29, 1.82) is 0 Å². The topological polar surface area (TPSA) is 89.8 Å². The zero-order valence-electron chi connectivity index (χ0n) is 15.6. The molecule has 0 saturated carbocycles. The largest absolute Gasteiger partial charge is 0.263 e. The van der Waals surface area contributed by atoms with Gasteiger partial charge in [0, 0.05) is 18.5 Å². The molecule has 0 saturated heterocycles. The Balaban J connectivity index is 2.00. The maximum absolute atomic E-state index is 12.9. The molecule has 142 valence electrons. The summed E-state index contributed by atoms with van der Waals surface area (Å²) in [7, 11) is -3.76. The molecule has 1 N–H and O–H groups in total. The van der Waals surface area contributed by atoms with E-state index >= 15 is 0 Å². The average Bonchev–Trinajstić information content (AvgIpc) is 3.06. The SMILES string of the molecule is CCCc1cccc(S(=O)(=O)Nc2cc(C(C)C)nn2-c2ncccn2)c1. The Kier molecular flexibility index (Phi) is 5.55. The zero-order chi connectivity index (χ0) is 19.4. The van der Waals surface area contributed by atoms with E-state index in [1.807, 2.05) is 19.9 Å². The smallest absolute Gasteiger partial charge is 0.263 e. The van der Waals surface area contributed by atoms with Gasteiger partial charge < -0.3 is 0 Å². The van der Waals surface area contributed by atoms with E-state index in [0.29, 0.717) is 11.8 Å². The molecule has 0 bridgehead atoms. The number of rotatable bonds is 7. The van der Waals surface area contributed by atoms with Crippen LogP contribution in [0.1, 0.15) is 44.4 Å². The quantitative estimate of drug-likeness (QED) is 0.672. The summed E-state index contributed by atoms with van der Waals surface area (Å²) in [5.41, 5.74) is 1.74. The lowest BCUT2D eigenvalue weighted by Crippen LogP contribution is -2.17. The Labute approximate surface area is 159 Å². The van der Waals surface area contributed by atoms with E-state index in [1.54, 1.807) is 42.7 Å². The van der Waals surface area contributed by atoms with Crippen LogP contribution in [0.25, 0.3) is 5.95 Å². The molecule has 0 aliphatic carbocycles. The van der Waals surface area contributed by atoms with Crippen LogP contribution in [-0.2, 0) is 16.4 Å². The van der Waals surface area contributed by atoms with Gasteiger partial charge in [-0.25, -0.2) is 18.4 Å². The third-order valence-corrected chi connectivity index (χ3v) is 5.40. The summed E-state index contributed by atoms with van der Waals surface area (Å²) in [6, 6.07) is 10.4. The highest BCUT2D eigenvalue weighted by molar-refractivity contribution is 7.92. The van der Waals surface area contributed by atoms with Crippen LogP contribution in [0.15, 0.2) is 53.7 Å². The minimum absolute atomic E-state index is 0.131. The average molecular weight is 385 g/mol. The van der Waals surface area contributed by atoms with Gasteiger partial charge in [-0.2, -0.15) is 9.78 Å². The molecule has 3 aromatic rings. The summed E-state index contributed by atoms with van der Waals surface area (Å²) in [6.45, 7) is 6.04. The lowest BCUT2D eigenvalue weighted by molar-refractivity contribution is 0.600. The number of aromatic nitrogens is 4. The van der Waals surface area contributed by atoms with E-state index in [0.717, 1.165) is 24.1 Å². The highest BCUT2D eigenvalue weighted by Gasteiger charge is 2.20. The fourth-order valence-electron chi connectivity index (χ4n) is 2.66. The molecule has 0 unspecified atom stereocenters. The van der Waals surface area contributed by atoms with E-state index in [1.165, 1.54) is 4.68 Å². The number of aryl methyl sites for hydroxylation is 1. The third kappa shape index (κ3) is 4.33. The fourth-order valence-corrected chi connectivity index (χ4v) is 3.76. The van der Waals surface area contributed by atoms with Crippen molar-refractivity contribution in [2.45, 2.75) is 44.4 Å². The molecule has 7 nitrogen and oxygen atoms in total. The number of anilines is 1. The van der Waals surface area contributed by atoms with Crippen molar-refractivity contribution in [3.8, 4) is 5.95 Å². The van der Waals surface area contributed by atoms with E-state index in [9.17, 15) is 8.42 Å². The normalized spacial score (nSPS) is 11.7. The summed E-state index contributed by atoms with van der Waals surface area (Å²) < 4.78 is 29.9. The number of nitrogens with zero attached hydrogens (tertiary/aromatic N) is 4. The van der Waals surface area contributed by atoms with E-state index in [-0.39, 0.29) is 10.8 Å². The molecule has 0 aliphatic heterocycles. The van der Waals surface area contributed by atoms with Gasteiger partial charge in [-0.3, -0.25) is 4.72 Å². The van der Waals surface area contributed by atoms with Gasteiger partial charge in [-0.1, -0.05) is 39.3 Å². The molecule has 0 radical (unpaired) electrons. The van der Waals surface area contributed by atoms with Crippen molar-refractivity contribution in [3.63, 3.8) is 0 Å². The Hall–Kier alpha value is -2.74. The second kappa shape index (κ2) is 7.87. The van der Waals surface area contributed by atoms with Crippen molar-refractivity contribution in [2.24, 2.45) is 0 Å². The second-order valence-corrected chi connectivity index (χ2v) is 8.26. The van der Waals surface area contributed by atoms with E-state index in [4.69, 9.17) is 0 Å². The van der Waals surface area contributed by atoms with Crippen molar-refractivity contribution in [3.05, 3.63) is 60.0 Å². The number of hydrogen-bond donors (Lipinski definition) is 1. The van der Waals surface area contributed by atoms with Gasteiger partial charge in [0.15, 0.2) is 0 Å². The molecule has 1 aromatic carbocycles. The molecule has 3 rings (SSSR count). The Bertz CT molecular complexity index is 1010. The molecular weight excluding hydrogens is 362 g/mol. The van der Waals surface area contributed by atoms with E-state index < -0.39 is 10.0 Å². The van der Waals surface area contributed by atoms with Crippen LogP contribution < -0.4 is 4.72 Å². The second-order valence-electron chi connectivity index (χ2n) is 6.57. The number of hydrogen-bond acceptors (Lipinski definition) is 5. The molecule has 2 heterocycles. The predicted octanol–water partition coefficient (Wildman–Crippen LogP) is 3.54. The third-order valence-electron chi connectivity index (χ3n) is 4.05. The van der Waals surface area contributed by atoms with Crippen molar-refractivity contribution < 1.29 is 8.42 Å². The van der Waals surface area contributed by atoms with Gasteiger partial charge in [0.2, 0.25) is 0 Å². The molecule has 8 heteroatoms. The minimum atomic E-state index is -3.76. The Morgan fingerprint density at radius 1 is 1.11 bits per heavy atom. The molecule has 0 aliphatic rings. The zero-order valence-corrected chi connectivity index (χ0v) is 16.4. The van der Waals surface area contributed by atoms with Crippen molar-refractivity contribution in [2.75, 3.05) is 4.72 Å². The van der Waals surface area contributed by atoms with Crippen molar-refractivity contribution in [1.82, 2.24) is 19.7 Å².